The zero-order chi connectivity index (χ0) is 17.7. The molecule has 0 bridgehead atoms. The molecular weight excluding hydrogens is 309 g/mol. The van der Waals surface area contributed by atoms with E-state index in [0.29, 0.717) is 19.6 Å². The summed E-state index contributed by atoms with van der Waals surface area (Å²) in [7, 11) is 3.49. The maximum absolute atomic E-state index is 13.0. The molecule has 0 saturated carbocycles. The Bertz CT molecular complexity index is 574. The Balaban J connectivity index is 2.02. The fourth-order valence-corrected chi connectivity index (χ4v) is 3.03. The summed E-state index contributed by atoms with van der Waals surface area (Å²) >= 11 is 0. The molecular formula is C18H26FN3O2. The van der Waals surface area contributed by atoms with E-state index < -0.39 is 0 Å². The molecule has 132 valence electrons. The Labute approximate surface area is 143 Å². The molecule has 1 heterocycles. The minimum atomic E-state index is -0.234. The van der Waals surface area contributed by atoms with Gasteiger partial charge in [-0.3, -0.25) is 9.59 Å². The summed E-state index contributed by atoms with van der Waals surface area (Å²) in [6.07, 6.45) is 0.795. The number of carbonyl (C=O) groups is 2. The lowest BCUT2D eigenvalue weighted by atomic mass is 10.1. The van der Waals surface area contributed by atoms with Crippen molar-refractivity contribution in [3.8, 4) is 0 Å². The first-order valence-corrected chi connectivity index (χ1v) is 8.30. The Hall–Kier alpha value is -1.95. The third-order valence-electron chi connectivity index (χ3n) is 4.47. The SMILES string of the molecule is CC(=O)N1CCN(CCc2ccc(F)cc2)C[C@@H](C(=O)N(C)C)C1. The first-order chi connectivity index (χ1) is 11.4. The molecule has 24 heavy (non-hydrogen) atoms. The van der Waals surface area contributed by atoms with E-state index in [1.807, 2.05) is 0 Å². The van der Waals surface area contributed by atoms with Crippen molar-refractivity contribution in [2.24, 2.45) is 5.92 Å². The summed E-state index contributed by atoms with van der Waals surface area (Å²) in [5.41, 5.74) is 1.07. The summed E-state index contributed by atoms with van der Waals surface area (Å²) in [6, 6.07) is 6.51. The Morgan fingerprint density at radius 1 is 1.17 bits per heavy atom. The normalized spacial score (nSPS) is 19.0. The van der Waals surface area contributed by atoms with Gasteiger partial charge in [0.15, 0.2) is 0 Å². The second kappa shape index (κ2) is 8.24. The Kier molecular flexibility index (Phi) is 6.31. The molecule has 0 radical (unpaired) electrons. The highest BCUT2D eigenvalue weighted by Crippen LogP contribution is 2.13. The molecule has 1 fully saturated rings. The van der Waals surface area contributed by atoms with Crippen LogP contribution >= 0.6 is 0 Å². The van der Waals surface area contributed by atoms with Gasteiger partial charge in [0.25, 0.3) is 0 Å². The van der Waals surface area contributed by atoms with Gasteiger partial charge in [0.1, 0.15) is 5.82 Å². The molecule has 0 aliphatic carbocycles. The average Bonchev–Trinajstić information content (AvgIpc) is 2.76. The lowest BCUT2D eigenvalue weighted by molar-refractivity contribution is -0.135. The predicted octanol–water partition coefficient (Wildman–Crippen LogP) is 1.24. The van der Waals surface area contributed by atoms with Crippen LogP contribution in [0.25, 0.3) is 0 Å². The topological polar surface area (TPSA) is 43.9 Å². The largest absolute Gasteiger partial charge is 0.348 e. The second-order valence-electron chi connectivity index (χ2n) is 6.57. The van der Waals surface area contributed by atoms with Crippen LogP contribution in [0.3, 0.4) is 0 Å². The van der Waals surface area contributed by atoms with Gasteiger partial charge in [0, 0.05) is 53.7 Å². The van der Waals surface area contributed by atoms with Crippen molar-refractivity contribution in [2.45, 2.75) is 13.3 Å². The van der Waals surface area contributed by atoms with Gasteiger partial charge < -0.3 is 14.7 Å². The standard InChI is InChI=1S/C18H26FN3O2/c1-14(23)22-11-10-21(12-16(13-22)18(24)20(2)3)9-8-15-4-6-17(19)7-5-15/h4-7,16H,8-13H2,1-3H3/t16-/m1/s1. The summed E-state index contributed by atoms with van der Waals surface area (Å²) in [5.74, 6) is -0.385. The number of hydrogen-bond donors (Lipinski definition) is 0. The van der Waals surface area contributed by atoms with Crippen molar-refractivity contribution < 1.29 is 14.0 Å². The van der Waals surface area contributed by atoms with Crippen LogP contribution in [0, 0.1) is 11.7 Å². The quantitative estimate of drug-likeness (QED) is 0.831. The maximum atomic E-state index is 13.0. The molecule has 1 aromatic rings. The van der Waals surface area contributed by atoms with E-state index in [9.17, 15) is 14.0 Å². The lowest BCUT2D eigenvalue weighted by Gasteiger charge is -2.25. The lowest BCUT2D eigenvalue weighted by Crippen LogP contribution is -2.41. The summed E-state index contributed by atoms with van der Waals surface area (Å²) in [5, 5.41) is 0. The molecule has 0 spiro atoms. The van der Waals surface area contributed by atoms with Gasteiger partial charge in [0.2, 0.25) is 11.8 Å². The number of amides is 2. The van der Waals surface area contributed by atoms with Crippen LogP contribution in [-0.2, 0) is 16.0 Å². The molecule has 1 aromatic carbocycles. The Morgan fingerprint density at radius 3 is 2.42 bits per heavy atom. The molecule has 5 nitrogen and oxygen atoms in total. The smallest absolute Gasteiger partial charge is 0.228 e. The molecule has 0 N–H and O–H groups in total. The third kappa shape index (κ3) is 5.03. The molecule has 2 amide bonds. The van der Waals surface area contributed by atoms with Crippen molar-refractivity contribution in [2.75, 3.05) is 46.8 Å². The minimum Gasteiger partial charge on any atom is -0.348 e. The first kappa shape index (κ1) is 18.4. The van der Waals surface area contributed by atoms with Crippen LogP contribution in [0.1, 0.15) is 12.5 Å². The second-order valence-corrected chi connectivity index (χ2v) is 6.57. The Morgan fingerprint density at radius 2 is 1.83 bits per heavy atom. The van der Waals surface area contributed by atoms with Crippen LogP contribution in [0.5, 0.6) is 0 Å². The average molecular weight is 335 g/mol. The zero-order valence-corrected chi connectivity index (χ0v) is 14.7. The molecule has 6 heteroatoms. The van der Waals surface area contributed by atoms with Crippen molar-refractivity contribution in [3.05, 3.63) is 35.6 Å². The van der Waals surface area contributed by atoms with Gasteiger partial charge in [0.05, 0.1) is 5.92 Å². The first-order valence-electron chi connectivity index (χ1n) is 8.30. The van der Waals surface area contributed by atoms with Gasteiger partial charge in [-0.15, -0.1) is 0 Å². The summed E-state index contributed by atoms with van der Waals surface area (Å²) in [6.45, 7) is 4.83. The highest BCUT2D eigenvalue weighted by Gasteiger charge is 2.29. The van der Waals surface area contributed by atoms with E-state index >= 15 is 0 Å². The van der Waals surface area contributed by atoms with Crippen molar-refractivity contribution in [3.63, 3.8) is 0 Å². The van der Waals surface area contributed by atoms with E-state index in [0.717, 1.165) is 25.1 Å². The van der Waals surface area contributed by atoms with Gasteiger partial charge in [-0.1, -0.05) is 12.1 Å². The fourth-order valence-electron chi connectivity index (χ4n) is 3.03. The van der Waals surface area contributed by atoms with Crippen LogP contribution in [-0.4, -0.2) is 73.3 Å². The van der Waals surface area contributed by atoms with Gasteiger partial charge >= 0.3 is 0 Å². The zero-order valence-electron chi connectivity index (χ0n) is 14.7. The van der Waals surface area contributed by atoms with E-state index in [1.54, 1.807) is 43.0 Å². The molecule has 1 atom stereocenters. The fraction of sp³-hybridized carbons (Fsp3) is 0.556. The van der Waals surface area contributed by atoms with Crippen molar-refractivity contribution in [1.29, 1.82) is 0 Å². The molecule has 0 aromatic heterocycles. The van der Waals surface area contributed by atoms with E-state index in [-0.39, 0.29) is 23.5 Å². The van der Waals surface area contributed by atoms with Crippen LogP contribution in [0.4, 0.5) is 4.39 Å². The number of rotatable bonds is 4. The van der Waals surface area contributed by atoms with Crippen LogP contribution in [0.15, 0.2) is 24.3 Å². The predicted molar refractivity (Wildman–Crippen MR) is 91.0 cm³/mol. The number of nitrogens with zero attached hydrogens (tertiary/aromatic N) is 3. The van der Waals surface area contributed by atoms with Gasteiger partial charge in [-0.25, -0.2) is 4.39 Å². The van der Waals surface area contributed by atoms with Crippen molar-refractivity contribution >= 4 is 11.8 Å². The monoisotopic (exact) mass is 335 g/mol. The highest BCUT2D eigenvalue weighted by atomic mass is 19.1. The summed E-state index contributed by atoms with van der Waals surface area (Å²) < 4.78 is 13.0. The van der Waals surface area contributed by atoms with Crippen LogP contribution < -0.4 is 0 Å². The molecule has 1 aliphatic rings. The van der Waals surface area contributed by atoms with Gasteiger partial charge in [-0.05, 0) is 24.1 Å². The maximum Gasteiger partial charge on any atom is 0.228 e. The number of benzene rings is 1. The third-order valence-corrected chi connectivity index (χ3v) is 4.47. The van der Waals surface area contributed by atoms with Gasteiger partial charge in [-0.2, -0.15) is 0 Å². The molecule has 2 rings (SSSR count). The number of halogens is 1. The summed E-state index contributed by atoms with van der Waals surface area (Å²) in [4.78, 5) is 29.7. The van der Waals surface area contributed by atoms with Crippen molar-refractivity contribution in [1.82, 2.24) is 14.7 Å². The minimum absolute atomic E-state index is 0.00643. The molecule has 1 aliphatic heterocycles. The highest BCUT2D eigenvalue weighted by molar-refractivity contribution is 5.80. The molecule has 0 unspecified atom stereocenters. The number of hydrogen-bond acceptors (Lipinski definition) is 3. The van der Waals surface area contributed by atoms with E-state index in [4.69, 9.17) is 0 Å². The van der Waals surface area contributed by atoms with E-state index in [2.05, 4.69) is 4.90 Å². The molecule has 1 saturated heterocycles. The number of carbonyl (C=O) groups excluding carboxylic acids is 2. The van der Waals surface area contributed by atoms with Crippen LogP contribution in [0.2, 0.25) is 0 Å². The van der Waals surface area contributed by atoms with E-state index in [1.165, 1.54) is 12.1 Å².